The summed E-state index contributed by atoms with van der Waals surface area (Å²) in [7, 11) is 0. The van der Waals surface area contributed by atoms with Gasteiger partial charge in [0.15, 0.2) is 0 Å². The van der Waals surface area contributed by atoms with Crippen molar-refractivity contribution in [2.45, 2.75) is 40.7 Å². The molecule has 1 aromatic carbocycles. The summed E-state index contributed by atoms with van der Waals surface area (Å²) >= 11 is 1.28. The molecule has 0 fully saturated rings. The number of ether oxygens (including phenoxy) is 2. The van der Waals surface area contributed by atoms with Crippen LogP contribution in [0.25, 0.3) is 6.08 Å². The van der Waals surface area contributed by atoms with E-state index in [0.717, 1.165) is 10.4 Å². The fourth-order valence-corrected chi connectivity index (χ4v) is 3.64. The first-order valence-electron chi connectivity index (χ1n) is 9.24. The number of esters is 1. The van der Waals surface area contributed by atoms with Gasteiger partial charge in [-0.05, 0) is 52.3 Å². The molecule has 1 heterocycles. The van der Waals surface area contributed by atoms with Gasteiger partial charge in [0.1, 0.15) is 22.4 Å². The topological polar surface area (TPSA) is 88.4 Å². The molecule has 0 atom stereocenters. The molecule has 29 heavy (non-hydrogen) atoms. The number of benzene rings is 1. The molecule has 0 unspecified atom stereocenters. The van der Waals surface area contributed by atoms with Crippen molar-refractivity contribution in [2.24, 2.45) is 0 Å². The van der Waals surface area contributed by atoms with E-state index >= 15 is 0 Å². The van der Waals surface area contributed by atoms with Crippen LogP contribution in [0.15, 0.2) is 29.8 Å². The number of hydrogen-bond donors (Lipinski definition) is 1. The number of nitrogens with zero attached hydrogens (tertiary/aromatic N) is 1. The van der Waals surface area contributed by atoms with E-state index in [4.69, 9.17) is 9.47 Å². The van der Waals surface area contributed by atoms with Gasteiger partial charge in [-0.1, -0.05) is 18.2 Å². The fraction of sp³-hybridized carbons (Fsp3) is 0.318. The molecule has 0 aliphatic carbocycles. The number of nitriles is 1. The maximum Gasteiger partial charge on any atom is 0.341 e. The minimum atomic E-state index is -0.598. The van der Waals surface area contributed by atoms with Gasteiger partial charge in [0, 0.05) is 10.4 Å². The lowest BCUT2D eigenvalue weighted by atomic mass is 10.1. The van der Waals surface area contributed by atoms with Gasteiger partial charge in [0.25, 0.3) is 5.91 Å². The summed E-state index contributed by atoms with van der Waals surface area (Å²) in [4.78, 5) is 25.9. The van der Waals surface area contributed by atoms with Crippen molar-refractivity contribution in [3.05, 3.63) is 51.4 Å². The number of para-hydroxylation sites is 1. The monoisotopic (exact) mass is 412 g/mol. The number of nitrogens with one attached hydrogen (secondary N) is 1. The van der Waals surface area contributed by atoms with Crippen molar-refractivity contribution in [3.63, 3.8) is 0 Å². The average molecular weight is 413 g/mol. The Morgan fingerprint density at radius 2 is 1.97 bits per heavy atom. The Bertz CT molecular complexity index is 983. The van der Waals surface area contributed by atoms with Crippen LogP contribution in [0.2, 0.25) is 0 Å². The molecule has 0 saturated heterocycles. The first-order valence-corrected chi connectivity index (χ1v) is 10.1. The lowest BCUT2D eigenvalue weighted by Gasteiger charge is -2.12. The van der Waals surface area contributed by atoms with Gasteiger partial charge in [-0.3, -0.25) is 4.79 Å². The van der Waals surface area contributed by atoms with Crippen LogP contribution in [0, 0.1) is 25.2 Å². The Labute approximate surface area is 174 Å². The van der Waals surface area contributed by atoms with Gasteiger partial charge in [-0.25, -0.2) is 4.79 Å². The number of carbonyl (C=O) groups is 2. The van der Waals surface area contributed by atoms with Crippen molar-refractivity contribution >= 4 is 34.3 Å². The Kier molecular flexibility index (Phi) is 7.57. The van der Waals surface area contributed by atoms with Crippen molar-refractivity contribution in [3.8, 4) is 11.8 Å². The molecule has 0 radical (unpaired) electrons. The maximum atomic E-state index is 12.7. The molecule has 0 aliphatic rings. The maximum absolute atomic E-state index is 12.7. The number of aryl methyl sites for hydroxylation is 1. The van der Waals surface area contributed by atoms with Crippen LogP contribution in [0.1, 0.15) is 47.1 Å². The number of anilines is 1. The van der Waals surface area contributed by atoms with Crippen LogP contribution in [0.4, 0.5) is 5.00 Å². The molecule has 0 saturated carbocycles. The standard InChI is InChI=1S/C22H24N2O4S/c1-6-27-22(26)19-14(4)15(5)29-21(19)24-20(25)17(12-23)11-16-9-7-8-10-18(16)28-13(2)3/h7-11,13H,6H2,1-5H3,(H,24,25)/b17-11-. The number of carbonyl (C=O) groups excluding carboxylic acids is 2. The number of amides is 1. The molecule has 2 rings (SSSR count). The third-order valence-electron chi connectivity index (χ3n) is 4.04. The van der Waals surface area contributed by atoms with Crippen LogP contribution in [0.3, 0.4) is 0 Å². The first kappa shape index (κ1) is 22.2. The van der Waals surface area contributed by atoms with Crippen molar-refractivity contribution in [1.82, 2.24) is 0 Å². The largest absolute Gasteiger partial charge is 0.490 e. The third-order valence-corrected chi connectivity index (χ3v) is 5.16. The first-order chi connectivity index (χ1) is 13.8. The highest BCUT2D eigenvalue weighted by Gasteiger charge is 2.23. The van der Waals surface area contributed by atoms with E-state index in [1.54, 1.807) is 32.0 Å². The summed E-state index contributed by atoms with van der Waals surface area (Å²) in [6.07, 6.45) is 1.43. The number of hydrogen-bond acceptors (Lipinski definition) is 6. The Morgan fingerprint density at radius 1 is 1.28 bits per heavy atom. The Morgan fingerprint density at radius 3 is 2.59 bits per heavy atom. The van der Waals surface area contributed by atoms with Crippen molar-refractivity contribution in [2.75, 3.05) is 11.9 Å². The Hall–Kier alpha value is -3.11. The molecule has 6 nitrogen and oxygen atoms in total. The van der Waals surface area contributed by atoms with Crippen molar-refractivity contribution < 1.29 is 19.1 Å². The van der Waals surface area contributed by atoms with Gasteiger partial charge in [0.2, 0.25) is 0 Å². The summed E-state index contributed by atoms with van der Waals surface area (Å²) in [5, 5.41) is 12.6. The quantitative estimate of drug-likeness (QED) is 0.398. The van der Waals surface area contributed by atoms with E-state index in [-0.39, 0.29) is 18.3 Å². The summed E-state index contributed by atoms with van der Waals surface area (Å²) in [6.45, 7) is 9.41. The average Bonchev–Trinajstić information content (AvgIpc) is 2.94. The van der Waals surface area contributed by atoms with Gasteiger partial charge in [-0.15, -0.1) is 11.3 Å². The van der Waals surface area contributed by atoms with Crippen LogP contribution >= 0.6 is 11.3 Å². The molecule has 0 aliphatic heterocycles. The zero-order valence-electron chi connectivity index (χ0n) is 17.2. The van der Waals surface area contributed by atoms with Crippen molar-refractivity contribution in [1.29, 1.82) is 5.26 Å². The molecule has 1 amide bonds. The lowest BCUT2D eigenvalue weighted by molar-refractivity contribution is -0.112. The molecule has 1 N–H and O–H groups in total. The molecule has 1 aromatic heterocycles. The van der Waals surface area contributed by atoms with Crippen LogP contribution < -0.4 is 10.1 Å². The summed E-state index contributed by atoms with van der Waals surface area (Å²) in [5.74, 6) is -0.514. The molecular formula is C22H24N2O4S. The molecule has 2 aromatic rings. The van der Waals surface area contributed by atoms with Gasteiger partial charge in [-0.2, -0.15) is 5.26 Å². The van der Waals surface area contributed by atoms with E-state index in [1.807, 2.05) is 32.9 Å². The van der Waals surface area contributed by atoms with Crippen LogP contribution in [0.5, 0.6) is 5.75 Å². The van der Waals surface area contributed by atoms with Gasteiger partial charge in [0.05, 0.1) is 18.3 Å². The third kappa shape index (κ3) is 5.46. The smallest absolute Gasteiger partial charge is 0.341 e. The van der Waals surface area contributed by atoms with Gasteiger partial charge >= 0.3 is 5.97 Å². The minimum absolute atomic E-state index is 0.0480. The van der Waals surface area contributed by atoms with Crippen LogP contribution in [-0.2, 0) is 9.53 Å². The minimum Gasteiger partial charge on any atom is -0.490 e. The highest BCUT2D eigenvalue weighted by Crippen LogP contribution is 2.33. The predicted octanol–water partition coefficient (Wildman–Crippen LogP) is 4.87. The van der Waals surface area contributed by atoms with Gasteiger partial charge < -0.3 is 14.8 Å². The zero-order chi connectivity index (χ0) is 21.6. The fourth-order valence-electron chi connectivity index (χ4n) is 2.60. The second kappa shape index (κ2) is 9.89. The van der Waals surface area contributed by atoms with E-state index in [1.165, 1.54) is 17.4 Å². The summed E-state index contributed by atoms with van der Waals surface area (Å²) in [6, 6.07) is 9.11. The second-order valence-electron chi connectivity index (χ2n) is 6.54. The highest BCUT2D eigenvalue weighted by atomic mass is 32.1. The SMILES string of the molecule is CCOC(=O)c1c(NC(=O)/C(C#N)=C\c2ccccc2OC(C)C)sc(C)c1C. The van der Waals surface area contributed by atoms with E-state index < -0.39 is 11.9 Å². The lowest BCUT2D eigenvalue weighted by Crippen LogP contribution is -2.16. The number of rotatable bonds is 7. The van der Waals surface area contributed by atoms with Crippen LogP contribution in [-0.4, -0.2) is 24.6 Å². The van der Waals surface area contributed by atoms with E-state index in [9.17, 15) is 14.9 Å². The molecule has 7 heteroatoms. The second-order valence-corrected chi connectivity index (χ2v) is 7.76. The normalized spacial score (nSPS) is 11.1. The highest BCUT2D eigenvalue weighted by molar-refractivity contribution is 7.16. The zero-order valence-corrected chi connectivity index (χ0v) is 18.0. The number of thiophene rings is 1. The van der Waals surface area contributed by atoms with E-state index in [2.05, 4.69) is 5.32 Å². The molecule has 0 spiro atoms. The summed E-state index contributed by atoms with van der Waals surface area (Å²) in [5.41, 5.74) is 1.60. The van der Waals surface area contributed by atoms with E-state index in [0.29, 0.717) is 21.9 Å². The summed E-state index contributed by atoms with van der Waals surface area (Å²) < 4.78 is 10.8. The molecule has 0 bridgehead atoms. The molecule has 152 valence electrons. The Balaban J connectivity index is 2.36. The predicted molar refractivity (Wildman–Crippen MR) is 114 cm³/mol. The molecular weight excluding hydrogens is 388 g/mol.